The average Bonchev–Trinajstić information content (AvgIpc) is 3.09. The molecule has 0 atom stereocenters. The fourth-order valence-corrected chi connectivity index (χ4v) is 2.58. The Hall–Kier alpha value is -2.69. The molecule has 3 rings (SSSR count). The lowest BCUT2D eigenvalue weighted by Gasteiger charge is -2.18. The lowest BCUT2D eigenvalue weighted by atomic mass is 10.1. The van der Waals surface area contributed by atoms with Gasteiger partial charge in [-0.15, -0.1) is 0 Å². The van der Waals surface area contributed by atoms with Crippen LogP contribution in [0, 0.1) is 0 Å². The van der Waals surface area contributed by atoms with E-state index in [1.807, 2.05) is 18.2 Å². The summed E-state index contributed by atoms with van der Waals surface area (Å²) in [6, 6.07) is 13.2. The molecule has 1 heterocycles. The van der Waals surface area contributed by atoms with Crippen molar-refractivity contribution < 1.29 is 19.0 Å². The van der Waals surface area contributed by atoms with E-state index in [1.54, 1.807) is 30.1 Å². The second kappa shape index (κ2) is 7.25. The van der Waals surface area contributed by atoms with Crippen molar-refractivity contribution in [3.8, 4) is 17.2 Å². The first kappa shape index (κ1) is 16.2. The van der Waals surface area contributed by atoms with Crippen LogP contribution < -0.4 is 14.2 Å². The third-order valence-corrected chi connectivity index (χ3v) is 4.00. The largest absolute Gasteiger partial charge is 0.491 e. The van der Waals surface area contributed by atoms with Crippen molar-refractivity contribution >= 4 is 5.91 Å². The van der Waals surface area contributed by atoms with Gasteiger partial charge in [0.2, 0.25) is 6.79 Å². The first-order chi connectivity index (χ1) is 11.7. The number of aryl methyl sites for hydroxylation is 1. The van der Waals surface area contributed by atoms with E-state index in [0.29, 0.717) is 30.2 Å². The molecule has 0 unspecified atom stereocenters. The van der Waals surface area contributed by atoms with Crippen molar-refractivity contribution in [2.75, 3.05) is 27.0 Å². The topological polar surface area (TPSA) is 48.0 Å². The van der Waals surface area contributed by atoms with Gasteiger partial charge in [0.15, 0.2) is 11.5 Å². The summed E-state index contributed by atoms with van der Waals surface area (Å²) in [5.74, 6) is 2.10. The minimum absolute atomic E-state index is 0.0688. The van der Waals surface area contributed by atoms with Gasteiger partial charge in [-0.3, -0.25) is 4.79 Å². The molecule has 2 aromatic carbocycles. The number of likely N-dealkylation sites (N-methyl/N-ethyl adjacent to an activating group) is 1. The SMILES string of the molecule is CCc1ccccc1OCCN(C)C(=O)c1ccc2c(c1)OCO2. The fraction of sp³-hybridized carbons (Fsp3) is 0.316. The van der Waals surface area contributed by atoms with Gasteiger partial charge in [-0.05, 0) is 36.2 Å². The number of carbonyl (C=O) groups is 1. The Labute approximate surface area is 141 Å². The molecule has 0 fully saturated rings. The molecule has 5 heteroatoms. The van der Waals surface area contributed by atoms with Crippen LogP contribution in [0.3, 0.4) is 0 Å². The Morgan fingerprint density at radius 1 is 1.17 bits per heavy atom. The second-order valence-corrected chi connectivity index (χ2v) is 5.60. The number of hydrogen-bond donors (Lipinski definition) is 0. The molecule has 126 valence electrons. The molecule has 0 saturated heterocycles. The van der Waals surface area contributed by atoms with E-state index < -0.39 is 0 Å². The summed E-state index contributed by atoms with van der Waals surface area (Å²) in [6.45, 7) is 3.25. The average molecular weight is 327 g/mol. The van der Waals surface area contributed by atoms with E-state index in [-0.39, 0.29) is 12.7 Å². The summed E-state index contributed by atoms with van der Waals surface area (Å²) >= 11 is 0. The highest BCUT2D eigenvalue weighted by molar-refractivity contribution is 5.94. The zero-order chi connectivity index (χ0) is 16.9. The predicted octanol–water partition coefficient (Wildman–Crippen LogP) is 3.13. The highest BCUT2D eigenvalue weighted by atomic mass is 16.7. The summed E-state index contributed by atoms with van der Waals surface area (Å²) in [4.78, 5) is 14.1. The van der Waals surface area contributed by atoms with Crippen molar-refractivity contribution in [1.29, 1.82) is 0 Å². The lowest BCUT2D eigenvalue weighted by Crippen LogP contribution is -2.30. The minimum atomic E-state index is -0.0688. The fourth-order valence-electron chi connectivity index (χ4n) is 2.58. The number of ether oxygens (including phenoxy) is 3. The van der Waals surface area contributed by atoms with Crippen LogP contribution in [0.1, 0.15) is 22.8 Å². The van der Waals surface area contributed by atoms with Crippen LogP contribution in [-0.4, -0.2) is 37.8 Å². The molecule has 0 radical (unpaired) electrons. The van der Waals surface area contributed by atoms with Gasteiger partial charge in [-0.1, -0.05) is 25.1 Å². The van der Waals surface area contributed by atoms with Gasteiger partial charge < -0.3 is 19.1 Å². The van der Waals surface area contributed by atoms with Gasteiger partial charge in [0.25, 0.3) is 5.91 Å². The molecule has 0 spiro atoms. The van der Waals surface area contributed by atoms with Crippen LogP contribution in [0.25, 0.3) is 0 Å². The predicted molar refractivity (Wildman–Crippen MR) is 90.8 cm³/mol. The van der Waals surface area contributed by atoms with Crippen molar-refractivity contribution in [3.05, 3.63) is 53.6 Å². The zero-order valence-corrected chi connectivity index (χ0v) is 14.0. The number of fused-ring (bicyclic) bond motifs is 1. The number of nitrogens with zero attached hydrogens (tertiary/aromatic N) is 1. The maximum Gasteiger partial charge on any atom is 0.253 e. The van der Waals surface area contributed by atoms with Crippen LogP contribution in [0.4, 0.5) is 0 Å². The molecular weight excluding hydrogens is 306 g/mol. The van der Waals surface area contributed by atoms with Crippen LogP contribution >= 0.6 is 0 Å². The molecule has 0 aliphatic carbocycles. The number of para-hydroxylation sites is 1. The van der Waals surface area contributed by atoms with Crippen LogP contribution in [0.5, 0.6) is 17.2 Å². The third-order valence-electron chi connectivity index (χ3n) is 4.00. The second-order valence-electron chi connectivity index (χ2n) is 5.60. The number of carbonyl (C=O) groups excluding carboxylic acids is 1. The van der Waals surface area contributed by atoms with Gasteiger partial charge in [0, 0.05) is 12.6 Å². The number of hydrogen-bond acceptors (Lipinski definition) is 4. The first-order valence-corrected chi connectivity index (χ1v) is 8.05. The van der Waals surface area contributed by atoms with Gasteiger partial charge in [-0.2, -0.15) is 0 Å². The highest BCUT2D eigenvalue weighted by Crippen LogP contribution is 2.32. The van der Waals surface area contributed by atoms with Crippen molar-refractivity contribution in [2.45, 2.75) is 13.3 Å². The molecule has 1 aliphatic heterocycles. The summed E-state index contributed by atoms with van der Waals surface area (Å²) in [7, 11) is 1.77. The molecule has 24 heavy (non-hydrogen) atoms. The molecule has 2 aromatic rings. The Bertz CT molecular complexity index is 729. The van der Waals surface area contributed by atoms with E-state index in [0.717, 1.165) is 12.2 Å². The van der Waals surface area contributed by atoms with Gasteiger partial charge >= 0.3 is 0 Å². The van der Waals surface area contributed by atoms with Crippen LogP contribution in [-0.2, 0) is 6.42 Å². The monoisotopic (exact) mass is 327 g/mol. The van der Waals surface area contributed by atoms with Crippen molar-refractivity contribution in [2.24, 2.45) is 0 Å². The molecule has 0 N–H and O–H groups in total. The summed E-state index contributed by atoms with van der Waals surface area (Å²) in [6.07, 6.45) is 0.919. The van der Waals surface area contributed by atoms with E-state index >= 15 is 0 Å². The van der Waals surface area contributed by atoms with E-state index in [4.69, 9.17) is 14.2 Å². The van der Waals surface area contributed by atoms with Gasteiger partial charge in [0.1, 0.15) is 12.4 Å². The van der Waals surface area contributed by atoms with E-state index in [1.165, 1.54) is 5.56 Å². The normalized spacial score (nSPS) is 12.1. The molecule has 0 bridgehead atoms. The molecule has 0 aromatic heterocycles. The van der Waals surface area contributed by atoms with Gasteiger partial charge in [-0.25, -0.2) is 0 Å². The number of rotatable bonds is 6. The summed E-state index contributed by atoms with van der Waals surface area (Å²) in [5.41, 5.74) is 1.75. The van der Waals surface area contributed by atoms with Crippen LogP contribution in [0.15, 0.2) is 42.5 Å². The molecule has 1 amide bonds. The molecular formula is C19H21NO4. The summed E-state index contributed by atoms with van der Waals surface area (Å²) in [5, 5.41) is 0. The molecule has 0 saturated carbocycles. The molecule has 1 aliphatic rings. The smallest absolute Gasteiger partial charge is 0.253 e. The Morgan fingerprint density at radius 2 is 1.96 bits per heavy atom. The third kappa shape index (κ3) is 3.45. The highest BCUT2D eigenvalue weighted by Gasteiger charge is 2.18. The zero-order valence-electron chi connectivity index (χ0n) is 14.0. The number of benzene rings is 2. The quantitative estimate of drug-likeness (QED) is 0.818. The number of amides is 1. The minimum Gasteiger partial charge on any atom is -0.491 e. The maximum absolute atomic E-state index is 12.5. The van der Waals surface area contributed by atoms with E-state index in [2.05, 4.69) is 13.0 Å². The maximum atomic E-state index is 12.5. The van der Waals surface area contributed by atoms with Crippen LogP contribution in [0.2, 0.25) is 0 Å². The van der Waals surface area contributed by atoms with Crippen molar-refractivity contribution in [1.82, 2.24) is 4.90 Å². The van der Waals surface area contributed by atoms with Gasteiger partial charge in [0.05, 0.1) is 6.54 Å². The lowest BCUT2D eigenvalue weighted by molar-refractivity contribution is 0.0773. The Balaban J connectivity index is 1.56. The summed E-state index contributed by atoms with van der Waals surface area (Å²) < 4.78 is 16.4. The first-order valence-electron chi connectivity index (χ1n) is 8.05. The Kier molecular flexibility index (Phi) is 4.89. The Morgan fingerprint density at radius 3 is 2.79 bits per heavy atom. The standard InChI is InChI=1S/C19H21NO4/c1-3-14-6-4-5-7-16(14)22-11-10-20(2)19(21)15-8-9-17-18(12-15)24-13-23-17/h4-9,12H,3,10-11,13H2,1-2H3. The van der Waals surface area contributed by atoms with E-state index in [9.17, 15) is 4.79 Å². The molecule has 5 nitrogen and oxygen atoms in total. The van der Waals surface area contributed by atoms with Crippen molar-refractivity contribution in [3.63, 3.8) is 0 Å².